The van der Waals surface area contributed by atoms with Gasteiger partial charge in [-0.3, -0.25) is 0 Å². The molecule has 2 rings (SSSR count). The summed E-state index contributed by atoms with van der Waals surface area (Å²) in [5, 5.41) is 4.74. The molecule has 1 heterocycles. The predicted octanol–water partition coefficient (Wildman–Crippen LogP) is 3.60. The first-order valence-corrected chi connectivity index (χ1v) is 7.01. The van der Waals surface area contributed by atoms with Gasteiger partial charge in [0.15, 0.2) is 0 Å². The van der Waals surface area contributed by atoms with Gasteiger partial charge in [0.05, 0.1) is 5.52 Å². The zero-order chi connectivity index (χ0) is 14.4. The lowest BCUT2D eigenvalue weighted by molar-refractivity contribution is 0.493. The van der Waals surface area contributed by atoms with Crippen molar-refractivity contribution in [3.05, 3.63) is 34.5 Å². The van der Waals surface area contributed by atoms with Crippen LogP contribution in [0.2, 0.25) is 0 Å². The van der Waals surface area contributed by atoms with E-state index in [2.05, 4.69) is 63.7 Å². The van der Waals surface area contributed by atoms with E-state index in [1.54, 1.807) is 0 Å². The van der Waals surface area contributed by atoms with Crippen LogP contribution in [0.1, 0.15) is 36.2 Å². The van der Waals surface area contributed by atoms with Gasteiger partial charge in [0.1, 0.15) is 0 Å². The fourth-order valence-electron chi connectivity index (χ4n) is 3.51. The standard InChI is InChI=1S/C17H26N2/c1-11-8-12(2)16-14(9-11)15(13(3)19(16)7)17(4,5)10-18-6/h8-9,18H,10H2,1-7H3. The Labute approximate surface area is 116 Å². The summed E-state index contributed by atoms with van der Waals surface area (Å²) >= 11 is 0. The Bertz CT molecular complexity index is 618. The fraction of sp³-hybridized carbons (Fsp3) is 0.529. The molecule has 0 fully saturated rings. The highest BCUT2D eigenvalue weighted by Crippen LogP contribution is 2.36. The normalized spacial score (nSPS) is 12.4. The monoisotopic (exact) mass is 258 g/mol. The van der Waals surface area contributed by atoms with Crippen molar-refractivity contribution in [2.24, 2.45) is 7.05 Å². The molecule has 2 nitrogen and oxygen atoms in total. The summed E-state index contributed by atoms with van der Waals surface area (Å²) in [6, 6.07) is 4.61. The lowest BCUT2D eigenvalue weighted by Crippen LogP contribution is -2.31. The van der Waals surface area contributed by atoms with Gasteiger partial charge in [-0.2, -0.15) is 0 Å². The van der Waals surface area contributed by atoms with E-state index in [-0.39, 0.29) is 5.41 Å². The van der Waals surface area contributed by atoms with Crippen molar-refractivity contribution >= 4 is 10.9 Å². The third-order valence-corrected chi connectivity index (χ3v) is 4.21. The zero-order valence-corrected chi connectivity index (χ0v) is 13.3. The maximum atomic E-state index is 3.33. The van der Waals surface area contributed by atoms with Crippen LogP contribution in [-0.2, 0) is 12.5 Å². The molecule has 104 valence electrons. The summed E-state index contributed by atoms with van der Waals surface area (Å²) in [6.07, 6.45) is 0. The molecular weight excluding hydrogens is 232 g/mol. The van der Waals surface area contributed by atoms with Gasteiger partial charge < -0.3 is 9.88 Å². The Hall–Kier alpha value is -1.28. The SMILES string of the molecule is CNCC(C)(C)c1c(C)n(C)c2c(C)cc(C)cc12. The summed E-state index contributed by atoms with van der Waals surface area (Å²) in [4.78, 5) is 0. The topological polar surface area (TPSA) is 17.0 Å². The molecular formula is C17H26N2. The van der Waals surface area contributed by atoms with Gasteiger partial charge in [-0.05, 0) is 45.0 Å². The maximum absolute atomic E-state index is 3.33. The fourth-order valence-corrected chi connectivity index (χ4v) is 3.51. The summed E-state index contributed by atoms with van der Waals surface area (Å²) in [5.74, 6) is 0. The average Bonchev–Trinajstić information content (AvgIpc) is 2.51. The second-order valence-corrected chi connectivity index (χ2v) is 6.41. The molecule has 2 aromatic rings. The Morgan fingerprint density at radius 3 is 2.37 bits per heavy atom. The number of aryl methyl sites for hydroxylation is 3. The van der Waals surface area contributed by atoms with Crippen LogP contribution in [0.15, 0.2) is 12.1 Å². The Kier molecular flexibility index (Phi) is 3.48. The largest absolute Gasteiger partial charge is 0.347 e. The van der Waals surface area contributed by atoms with Crippen LogP contribution in [0.4, 0.5) is 0 Å². The third kappa shape index (κ3) is 2.18. The van der Waals surface area contributed by atoms with E-state index < -0.39 is 0 Å². The number of fused-ring (bicyclic) bond motifs is 1. The number of rotatable bonds is 3. The molecule has 0 aliphatic heterocycles. The highest BCUT2D eigenvalue weighted by Gasteiger charge is 2.27. The van der Waals surface area contributed by atoms with Gasteiger partial charge in [0.25, 0.3) is 0 Å². The van der Waals surface area contributed by atoms with Crippen molar-refractivity contribution in [1.82, 2.24) is 9.88 Å². The van der Waals surface area contributed by atoms with Crippen LogP contribution in [0.3, 0.4) is 0 Å². The minimum atomic E-state index is 0.137. The molecule has 0 radical (unpaired) electrons. The van der Waals surface area contributed by atoms with Gasteiger partial charge in [-0.1, -0.05) is 25.5 Å². The first-order valence-electron chi connectivity index (χ1n) is 7.01. The van der Waals surface area contributed by atoms with Gasteiger partial charge in [-0.25, -0.2) is 0 Å². The van der Waals surface area contributed by atoms with Gasteiger partial charge >= 0.3 is 0 Å². The van der Waals surface area contributed by atoms with E-state index >= 15 is 0 Å². The number of hydrogen-bond acceptors (Lipinski definition) is 1. The molecule has 1 N–H and O–H groups in total. The summed E-state index contributed by atoms with van der Waals surface area (Å²) in [5.41, 5.74) is 7.08. The summed E-state index contributed by atoms with van der Waals surface area (Å²) < 4.78 is 2.34. The number of aromatic nitrogens is 1. The molecule has 0 saturated carbocycles. The van der Waals surface area contributed by atoms with Crippen LogP contribution in [0, 0.1) is 20.8 Å². The molecule has 1 aromatic heterocycles. The molecule has 1 aromatic carbocycles. The predicted molar refractivity (Wildman–Crippen MR) is 84.1 cm³/mol. The van der Waals surface area contributed by atoms with E-state index in [9.17, 15) is 0 Å². The molecule has 0 spiro atoms. The first-order chi connectivity index (χ1) is 8.79. The van der Waals surface area contributed by atoms with E-state index in [0.29, 0.717) is 0 Å². The maximum Gasteiger partial charge on any atom is 0.0512 e. The molecule has 0 amide bonds. The number of nitrogens with zero attached hydrogens (tertiary/aromatic N) is 1. The first kappa shape index (κ1) is 14.1. The van der Waals surface area contributed by atoms with Crippen LogP contribution in [0.5, 0.6) is 0 Å². The van der Waals surface area contributed by atoms with E-state index in [4.69, 9.17) is 0 Å². The Morgan fingerprint density at radius 1 is 1.16 bits per heavy atom. The van der Waals surface area contributed by atoms with Crippen molar-refractivity contribution in [1.29, 1.82) is 0 Å². The minimum absolute atomic E-state index is 0.137. The van der Waals surface area contributed by atoms with Crippen LogP contribution < -0.4 is 5.32 Å². The number of nitrogens with one attached hydrogen (secondary N) is 1. The summed E-state index contributed by atoms with van der Waals surface area (Å²) in [7, 11) is 4.21. The average molecular weight is 258 g/mol. The minimum Gasteiger partial charge on any atom is -0.347 e. The molecule has 0 bridgehead atoms. The van der Waals surface area contributed by atoms with E-state index in [1.165, 1.54) is 33.3 Å². The highest BCUT2D eigenvalue weighted by atomic mass is 15.0. The van der Waals surface area contributed by atoms with Gasteiger partial charge in [0.2, 0.25) is 0 Å². The third-order valence-electron chi connectivity index (χ3n) is 4.21. The number of benzene rings is 1. The lowest BCUT2D eigenvalue weighted by Gasteiger charge is -2.25. The molecule has 2 heteroatoms. The van der Waals surface area contributed by atoms with Crippen LogP contribution >= 0.6 is 0 Å². The molecule has 0 aliphatic carbocycles. The van der Waals surface area contributed by atoms with Crippen molar-refractivity contribution in [3.63, 3.8) is 0 Å². The quantitative estimate of drug-likeness (QED) is 0.890. The second kappa shape index (κ2) is 4.68. The second-order valence-electron chi connectivity index (χ2n) is 6.41. The van der Waals surface area contributed by atoms with Crippen molar-refractivity contribution in [2.45, 2.75) is 40.0 Å². The number of hydrogen-bond donors (Lipinski definition) is 1. The van der Waals surface area contributed by atoms with Gasteiger partial charge in [-0.15, -0.1) is 0 Å². The Morgan fingerprint density at radius 2 is 1.79 bits per heavy atom. The zero-order valence-electron chi connectivity index (χ0n) is 13.3. The number of likely N-dealkylation sites (N-methyl/N-ethyl adjacent to an activating group) is 1. The van der Waals surface area contributed by atoms with Crippen LogP contribution in [-0.4, -0.2) is 18.2 Å². The van der Waals surface area contributed by atoms with Crippen molar-refractivity contribution < 1.29 is 0 Å². The molecule has 19 heavy (non-hydrogen) atoms. The van der Waals surface area contributed by atoms with Gasteiger partial charge in [0, 0.05) is 30.1 Å². The van der Waals surface area contributed by atoms with E-state index in [0.717, 1.165) is 6.54 Å². The molecule has 0 unspecified atom stereocenters. The highest BCUT2D eigenvalue weighted by molar-refractivity contribution is 5.89. The van der Waals surface area contributed by atoms with E-state index in [1.807, 2.05) is 7.05 Å². The van der Waals surface area contributed by atoms with Crippen molar-refractivity contribution in [2.75, 3.05) is 13.6 Å². The van der Waals surface area contributed by atoms with Crippen molar-refractivity contribution in [3.8, 4) is 0 Å². The smallest absolute Gasteiger partial charge is 0.0512 e. The summed E-state index contributed by atoms with van der Waals surface area (Å²) in [6.45, 7) is 12.3. The molecule has 0 atom stereocenters. The lowest BCUT2D eigenvalue weighted by atomic mass is 9.82. The molecule has 0 saturated heterocycles. The Balaban J connectivity index is 2.85. The van der Waals surface area contributed by atoms with Crippen LogP contribution in [0.25, 0.3) is 10.9 Å². The molecule has 0 aliphatic rings.